The van der Waals surface area contributed by atoms with Crippen LogP contribution in [0.2, 0.25) is 0 Å². The first-order valence-corrected chi connectivity index (χ1v) is 9.18. The predicted octanol–water partition coefficient (Wildman–Crippen LogP) is 4.61. The fourth-order valence-corrected chi connectivity index (χ4v) is 4.60. The number of hydrogen-bond donors (Lipinski definition) is 1. The normalized spacial score (nSPS) is 14.8. The number of aryl methyl sites for hydroxylation is 3. The summed E-state index contributed by atoms with van der Waals surface area (Å²) in [5.74, 6) is 1.02. The van der Waals surface area contributed by atoms with Crippen LogP contribution in [0.3, 0.4) is 0 Å². The molecule has 1 aromatic carbocycles. The van der Waals surface area contributed by atoms with Gasteiger partial charge in [-0.25, -0.2) is 9.97 Å². The average Bonchev–Trinajstić information content (AvgIpc) is 3.15. The summed E-state index contributed by atoms with van der Waals surface area (Å²) in [6.07, 6.45) is 7.54. The Balaban J connectivity index is 1.51. The molecule has 0 fully saturated rings. The maximum atomic E-state index is 4.54. The van der Waals surface area contributed by atoms with E-state index in [0.29, 0.717) is 6.04 Å². The lowest BCUT2D eigenvalue weighted by molar-refractivity contribution is 0.703. The number of nitrogens with one attached hydrogen (secondary N) is 1. The molecule has 1 atom stereocenters. The van der Waals surface area contributed by atoms with Crippen LogP contribution in [0.5, 0.6) is 0 Å². The van der Waals surface area contributed by atoms with Gasteiger partial charge in [-0.1, -0.05) is 30.3 Å². The summed E-state index contributed by atoms with van der Waals surface area (Å²) in [7, 11) is 0. The quantitative estimate of drug-likeness (QED) is 0.745. The van der Waals surface area contributed by atoms with E-state index in [-0.39, 0.29) is 0 Å². The Morgan fingerprint density at radius 3 is 2.91 bits per heavy atom. The highest BCUT2D eigenvalue weighted by atomic mass is 32.1. The predicted molar refractivity (Wildman–Crippen MR) is 97.3 cm³/mol. The van der Waals surface area contributed by atoms with Gasteiger partial charge in [0.15, 0.2) is 0 Å². The summed E-state index contributed by atoms with van der Waals surface area (Å²) in [5.41, 5.74) is 2.88. The number of anilines is 1. The van der Waals surface area contributed by atoms with Crippen molar-refractivity contribution in [2.45, 2.75) is 45.1 Å². The van der Waals surface area contributed by atoms with Crippen LogP contribution >= 0.6 is 11.3 Å². The molecule has 2 aromatic heterocycles. The molecule has 0 saturated carbocycles. The van der Waals surface area contributed by atoms with Crippen molar-refractivity contribution in [1.29, 1.82) is 0 Å². The second-order valence-corrected chi connectivity index (χ2v) is 7.41. The van der Waals surface area contributed by atoms with E-state index in [2.05, 4.69) is 52.5 Å². The Labute approximate surface area is 140 Å². The Hall–Kier alpha value is -1.94. The van der Waals surface area contributed by atoms with Gasteiger partial charge in [0.05, 0.1) is 5.39 Å². The molecule has 2 heterocycles. The molecule has 0 aliphatic heterocycles. The van der Waals surface area contributed by atoms with Crippen LogP contribution in [0.4, 0.5) is 5.82 Å². The number of aromatic nitrogens is 2. The molecule has 0 radical (unpaired) electrons. The zero-order chi connectivity index (χ0) is 15.6. The molecule has 0 spiro atoms. The highest BCUT2D eigenvalue weighted by Gasteiger charge is 2.21. The summed E-state index contributed by atoms with van der Waals surface area (Å²) in [5, 5.41) is 4.90. The van der Waals surface area contributed by atoms with Crippen LogP contribution in [0.25, 0.3) is 10.2 Å². The molecule has 0 amide bonds. The minimum atomic E-state index is 0.394. The SMILES string of the molecule is C[C@@H](CCc1ccccc1)Nc1ncnc2sc3c(c12)CCC3. The number of rotatable bonds is 5. The summed E-state index contributed by atoms with van der Waals surface area (Å²) in [6, 6.07) is 11.1. The van der Waals surface area contributed by atoms with Gasteiger partial charge >= 0.3 is 0 Å². The lowest BCUT2D eigenvalue weighted by Crippen LogP contribution is -2.17. The summed E-state index contributed by atoms with van der Waals surface area (Å²) in [6.45, 7) is 2.24. The standard InChI is InChI=1S/C19H21N3S/c1-13(10-11-14-6-3-2-4-7-14)22-18-17-15-8-5-9-16(15)23-19(17)21-12-20-18/h2-4,6-7,12-13H,5,8-11H2,1H3,(H,20,21,22)/t13-/m0/s1. The van der Waals surface area contributed by atoms with E-state index in [1.54, 1.807) is 6.33 Å². The van der Waals surface area contributed by atoms with Gasteiger partial charge in [0.1, 0.15) is 17.0 Å². The molecular weight excluding hydrogens is 302 g/mol. The highest BCUT2D eigenvalue weighted by Crippen LogP contribution is 2.39. The minimum Gasteiger partial charge on any atom is -0.367 e. The highest BCUT2D eigenvalue weighted by molar-refractivity contribution is 7.19. The Morgan fingerprint density at radius 2 is 2.04 bits per heavy atom. The van der Waals surface area contributed by atoms with E-state index >= 15 is 0 Å². The maximum Gasteiger partial charge on any atom is 0.138 e. The van der Waals surface area contributed by atoms with Gasteiger partial charge in [-0.15, -0.1) is 11.3 Å². The average molecular weight is 323 g/mol. The first kappa shape index (κ1) is 14.6. The Morgan fingerprint density at radius 1 is 1.17 bits per heavy atom. The van der Waals surface area contributed by atoms with Crippen LogP contribution in [0, 0.1) is 0 Å². The fourth-order valence-electron chi connectivity index (χ4n) is 3.37. The third-order valence-electron chi connectivity index (χ3n) is 4.59. The monoisotopic (exact) mass is 323 g/mol. The Bertz CT molecular complexity index is 810. The van der Waals surface area contributed by atoms with Gasteiger partial charge in [0.25, 0.3) is 0 Å². The molecular formula is C19H21N3S. The van der Waals surface area contributed by atoms with E-state index in [1.165, 1.54) is 40.7 Å². The Kier molecular flexibility index (Phi) is 4.00. The molecule has 4 heteroatoms. The van der Waals surface area contributed by atoms with Gasteiger partial charge in [0, 0.05) is 10.9 Å². The van der Waals surface area contributed by atoms with Gasteiger partial charge < -0.3 is 5.32 Å². The zero-order valence-electron chi connectivity index (χ0n) is 13.4. The van der Waals surface area contributed by atoms with Gasteiger partial charge in [-0.2, -0.15) is 0 Å². The molecule has 1 aliphatic carbocycles. The summed E-state index contributed by atoms with van der Waals surface area (Å²) >= 11 is 1.85. The van der Waals surface area contributed by atoms with E-state index in [4.69, 9.17) is 0 Å². The van der Waals surface area contributed by atoms with Crippen molar-refractivity contribution in [1.82, 2.24) is 9.97 Å². The largest absolute Gasteiger partial charge is 0.367 e. The van der Waals surface area contributed by atoms with Crippen molar-refractivity contribution < 1.29 is 0 Å². The lowest BCUT2D eigenvalue weighted by Gasteiger charge is -2.15. The molecule has 23 heavy (non-hydrogen) atoms. The van der Waals surface area contributed by atoms with Crippen molar-refractivity contribution in [3.8, 4) is 0 Å². The third kappa shape index (κ3) is 2.95. The maximum absolute atomic E-state index is 4.54. The van der Waals surface area contributed by atoms with E-state index in [0.717, 1.165) is 23.5 Å². The van der Waals surface area contributed by atoms with Gasteiger partial charge in [-0.05, 0) is 50.2 Å². The van der Waals surface area contributed by atoms with Crippen molar-refractivity contribution in [2.24, 2.45) is 0 Å². The smallest absolute Gasteiger partial charge is 0.138 e. The fraction of sp³-hybridized carbons (Fsp3) is 0.368. The molecule has 4 rings (SSSR count). The van der Waals surface area contributed by atoms with E-state index < -0.39 is 0 Å². The van der Waals surface area contributed by atoms with Gasteiger partial charge in [-0.3, -0.25) is 0 Å². The van der Waals surface area contributed by atoms with E-state index in [1.807, 2.05) is 11.3 Å². The van der Waals surface area contributed by atoms with Crippen molar-refractivity contribution in [2.75, 3.05) is 5.32 Å². The molecule has 3 aromatic rings. The molecule has 3 nitrogen and oxygen atoms in total. The summed E-state index contributed by atoms with van der Waals surface area (Å²) < 4.78 is 0. The lowest BCUT2D eigenvalue weighted by atomic mass is 10.1. The number of hydrogen-bond acceptors (Lipinski definition) is 4. The topological polar surface area (TPSA) is 37.8 Å². The zero-order valence-corrected chi connectivity index (χ0v) is 14.2. The molecule has 1 aliphatic rings. The van der Waals surface area contributed by atoms with Crippen LogP contribution < -0.4 is 5.32 Å². The number of fused-ring (bicyclic) bond motifs is 3. The minimum absolute atomic E-state index is 0.394. The van der Waals surface area contributed by atoms with Crippen LogP contribution in [-0.2, 0) is 19.3 Å². The molecule has 118 valence electrons. The van der Waals surface area contributed by atoms with Crippen LogP contribution in [0.1, 0.15) is 35.8 Å². The first-order chi connectivity index (χ1) is 11.3. The second kappa shape index (κ2) is 6.28. The number of benzene rings is 1. The van der Waals surface area contributed by atoms with Crippen molar-refractivity contribution in [3.05, 3.63) is 52.7 Å². The molecule has 1 N–H and O–H groups in total. The van der Waals surface area contributed by atoms with Crippen molar-refractivity contribution >= 4 is 27.4 Å². The molecule has 0 bridgehead atoms. The number of nitrogens with zero attached hydrogens (tertiary/aromatic N) is 2. The third-order valence-corrected chi connectivity index (χ3v) is 5.79. The first-order valence-electron chi connectivity index (χ1n) is 8.37. The van der Waals surface area contributed by atoms with Gasteiger partial charge in [0.2, 0.25) is 0 Å². The molecule has 0 unspecified atom stereocenters. The van der Waals surface area contributed by atoms with Crippen molar-refractivity contribution in [3.63, 3.8) is 0 Å². The second-order valence-electron chi connectivity index (χ2n) is 6.33. The van der Waals surface area contributed by atoms with Crippen LogP contribution in [0.15, 0.2) is 36.7 Å². The van der Waals surface area contributed by atoms with E-state index in [9.17, 15) is 0 Å². The molecule has 0 saturated heterocycles. The summed E-state index contributed by atoms with van der Waals surface area (Å²) in [4.78, 5) is 11.7. The van der Waals surface area contributed by atoms with Crippen LogP contribution in [-0.4, -0.2) is 16.0 Å². The number of thiophene rings is 1.